The lowest BCUT2D eigenvalue weighted by molar-refractivity contribution is -0.143. The average molecular weight is 586 g/mol. The van der Waals surface area contributed by atoms with Crippen molar-refractivity contribution in [2.45, 2.75) is 76.1 Å². The van der Waals surface area contributed by atoms with E-state index in [1.807, 2.05) is 20.9 Å². The van der Waals surface area contributed by atoms with Crippen LogP contribution in [0.15, 0.2) is 18.2 Å². The van der Waals surface area contributed by atoms with Crippen LogP contribution in [0.1, 0.15) is 61.0 Å². The van der Waals surface area contributed by atoms with Crippen LogP contribution < -0.4 is 5.32 Å². The molecule has 3 rings (SSSR count). The number of amides is 2. The highest BCUT2D eigenvalue weighted by Crippen LogP contribution is 2.37. The summed E-state index contributed by atoms with van der Waals surface area (Å²) in [6, 6.07) is -0.675. The Labute approximate surface area is 223 Å². The molecule has 2 amide bonds. The van der Waals surface area contributed by atoms with Crippen LogP contribution in [-0.2, 0) is 27.0 Å². The summed E-state index contributed by atoms with van der Waals surface area (Å²) in [6.45, 7) is 4.23. The fraction of sp³-hybridized carbons (Fsp3) is 0.680. The summed E-state index contributed by atoms with van der Waals surface area (Å²) in [5.41, 5.74) is -4.13. The molecule has 2 fully saturated rings. The molecule has 14 heteroatoms. The normalized spacial score (nSPS) is 25.0. The number of rotatable bonds is 7. The number of benzene rings is 1. The summed E-state index contributed by atoms with van der Waals surface area (Å²) >= 11 is 0. The second kappa shape index (κ2) is 11.3. The van der Waals surface area contributed by atoms with Gasteiger partial charge in [0.25, 0.3) is 5.91 Å². The molecule has 1 aliphatic carbocycles. The summed E-state index contributed by atoms with van der Waals surface area (Å²) in [4.78, 5) is 29.6. The highest BCUT2D eigenvalue weighted by Gasteiger charge is 2.44. The number of carbonyl (C=O) groups excluding carboxylic acids is 2. The average Bonchev–Trinajstić information content (AvgIpc) is 3.15. The predicted molar refractivity (Wildman–Crippen MR) is 132 cm³/mol. The second-order valence-corrected chi connectivity index (χ2v) is 13.0. The molecule has 1 aliphatic heterocycles. The lowest BCUT2D eigenvalue weighted by Crippen LogP contribution is -2.53. The SMILES string of the molecule is CC(C)N(C)[C@@H]1CC[C@H](N2CC[C@H](NC(=O)c3cc(C(F)(F)F)cc(C(F)(F)F)c3)C2=O)[C@@H](CS(C)(=O)=O)C1. The van der Waals surface area contributed by atoms with Crippen LogP contribution in [0.25, 0.3) is 0 Å². The molecule has 0 unspecified atom stereocenters. The van der Waals surface area contributed by atoms with E-state index in [1.54, 1.807) is 0 Å². The lowest BCUT2D eigenvalue weighted by Gasteiger charge is -2.44. The van der Waals surface area contributed by atoms with Crippen molar-refractivity contribution in [2.24, 2.45) is 5.92 Å². The lowest BCUT2D eigenvalue weighted by atomic mass is 9.81. The molecule has 4 atom stereocenters. The van der Waals surface area contributed by atoms with Crippen molar-refractivity contribution in [1.29, 1.82) is 0 Å². The Morgan fingerprint density at radius 1 is 1.05 bits per heavy atom. The van der Waals surface area contributed by atoms with E-state index in [4.69, 9.17) is 0 Å². The van der Waals surface area contributed by atoms with Gasteiger partial charge < -0.3 is 15.1 Å². The first-order valence-electron chi connectivity index (χ1n) is 12.6. The Morgan fingerprint density at radius 2 is 1.62 bits per heavy atom. The number of hydrogen-bond acceptors (Lipinski definition) is 5. The first-order valence-corrected chi connectivity index (χ1v) is 14.6. The molecule has 1 saturated carbocycles. The van der Waals surface area contributed by atoms with Crippen molar-refractivity contribution in [3.8, 4) is 0 Å². The first kappa shape index (κ1) is 31.2. The van der Waals surface area contributed by atoms with Gasteiger partial charge in [-0.1, -0.05) is 0 Å². The standard InChI is InChI=1S/C25H33F6N3O4S/c1-14(2)33(3)19-5-6-21(16(11-19)13-39(4,37)38)34-8-7-20(23(34)36)32-22(35)15-9-17(24(26,27)28)12-18(10-15)25(29,30)31/h9-10,12,14,16,19-21H,5-8,11,13H2,1-4H3,(H,32,35)/t16-,19-,20+,21+/m1/s1. The van der Waals surface area contributed by atoms with Gasteiger partial charge in [0.15, 0.2) is 0 Å². The van der Waals surface area contributed by atoms with Crippen LogP contribution in [0.3, 0.4) is 0 Å². The van der Waals surface area contributed by atoms with Crippen molar-refractivity contribution in [3.05, 3.63) is 34.9 Å². The third kappa shape index (κ3) is 7.65. The molecule has 39 heavy (non-hydrogen) atoms. The van der Waals surface area contributed by atoms with Gasteiger partial charge in [0.2, 0.25) is 5.91 Å². The van der Waals surface area contributed by atoms with Gasteiger partial charge in [-0.25, -0.2) is 8.42 Å². The summed E-state index contributed by atoms with van der Waals surface area (Å²) in [7, 11) is -1.43. The Balaban J connectivity index is 1.79. The van der Waals surface area contributed by atoms with Gasteiger partial charge in [0, 0.05) is 36.5 Å². The van der Waals surface area contributed by atoms with Gasteiger partial charge in [-0.15, -0.1) is 0 Å². The maximum Gasteiger partial charge on any atom is 0.416 e. The molecule has 0 radical (unpaired) electrons. The monoisotopic (exact) mass is 585 g/mol. The van der Waals surface area contributed by atoms with Crippen LogP contribution in [0, 0.1) is 5.92 Å². The predicted octanol–water partition coefficient (Wildman–Crippen LogP) is 3.98. The van der Waals surface area contributed by atoms with E-state index < -0.39 is 62.8 Å². The molecule has 220 valence electrons. The van der Waals surface area contributed by atoms with Crippen LogP contribution in [0.5, 0.6) is 0 Å². The third-order valence-corrected chi connectivity index (χ3v) is 8.65. The van der Waals surface area contributed by atoms with E-state index in [9.17, 15) is 44.3 Å². The molecular formula is C25H33F6N3O4S. The first-order chi connectivity index (χ1) is 17.8. The maximum absolute atomic E-state index is 13.3. The summed E-state index contributed by atoms with van der Waals surface area (Å²) < 4.78 is 104. The smallest absolute Gasteiger partial charge is 0.340 e. The van der Waals surface area contributed by atoms with Crippen molar-refractivity contribution in [1.82, 2.24) is 15.1 Å². The van der Waals surface area contributed by atoms with E-state index in [1.165, 1.54) is 4.90 Å². The third-order valence-electron chi connectivity index (χ3n) is 7.62. The number of hydrogen-bond donors (Lipinski definition) is 1. The highest BCUT2D eigenvalue weighted by molar-refractivity contribution is 7.90. The van der Waals surface area contributed by atoms with Crippen molar-refractivity contribution in [2.75, 3.05) is 25.6 Å². The van der Waals surface area contributed by atoms with E-state index >= 15 is 0 Å². The van der Waals surface area contributed by atoms with Crippen molar-refractivity contribution in [3.63, 3.8) is 0 Å². The maximum atomic E-state index is 13.3. The van der Waals surface area contributed by atoms with Gasteiger partial charge in [-0.3, -0.25) is 9.59 Å². The molecule has 0 aromatic heterocycles. The number of nitrogens with zero attached hydrogens (tertiary/aromatic N) is 2. The molecule has 7 nitrogen and oxygen atoms in total. The van der Waals surface area contributed by atoms with Gasteiger partial charge in [0.05, 0.1) is 16.9 Å². The number of sulfone groups is 1. The van der Waals surface area contributed by atoms with Gasteiger partial charge in [0.1, 0.15) is 15.9 Å². The molecule has 0 spiro atoms. The van der Waals surface area contributed by atoms with Crippen LogP contribution in [0.4, 0.5) is 26.3 Å². The van der Waals surface area contributed by atoms with E-state index in [0.717, 1.165) is 6.26 Å². The zero-order valence-electron chi connectivity index (χ0n) is 22.1. The Kier molecular flexibility index (Phi) is 9.00. The van der Waals surface area contributed by atoms with Gasteiger partial charge >= 0.3 is 12.4 Å². The fourth-order valence-corrected chi connectivity index (χ4v) is 6.62. The molecule has 1 aromatic carbocycles. The zero-order chi connectivity index (χ0) is 29.5. The van der Waals surface area contributed by atoms with Crippen LogP contribution >= 0.6 is 0 Å². The minimum atomic E-state index is -5.12. The van der Waals surface area contributed by atoms with Gasteiger partial charge in [-0.2, -0.15) is 26.3 Å². The summed E-state index contributed by atoms with van der Waals surface area (Å²) in [5, 5.41) is 2.29. The topological polar surface area (TPSA) is 86.8 Å². The molecular weight excluding hydrogens is 552 g/mol. The molecule has 1 heterocycles. The van der Waals surface area contributed by atoms with E-state index in [0.29, 0.717) is 31.4 Å². The number of carbonyl (C=O) groups is 2. The second-order valence-electron chi connectivity index (χ2n) is 10.8. The summed E-state index contributed by atoms with van der Waals surface area (Å²) in [5.74, 6) is -2.27. The van der Waals surface area contributed by atoms with Gasteiger partial charge in [-0.05, 0) is 70.7 Å². The fourth-order valence-electron chi connectivity index (χ4n) is 5.49. The van der Waals surface area contributed by atoms with Crippen LogP contribution in [0.2, 0.25) is 0 Å². The van der Waals surface area contributed by atoms with Crippen LogP contribution in [-0.4, -0.2) is 79.8 Å². The minimum Gasteiger partial charge on any atom is -0.340 e. The van der Waals surface area contributed by atoms with E-state index in [-0.39, 0.29) is 42.8 Å². The molecule has 0 bridgehead atoms. The summed E-state index contributed by atoms with van der Waals surface area (Å²) in [6.07, 6.45) is -7.24. The zero-order valence-corrected chi connectivity index (χ0v) is 22.9. The largest absolute Gasteiger partial charge is 0.416 e. The quantitative estimate of drug-likeness (QED) is 0.490. The molecule has 2 aliphatic rings. The number of alkyl halides is 6. The Morgan fingerprint density at radius 3 is 2.10 bits per heavy atom. The minimum absolute atomic E-state index is 0.0752. The van der Waals surface area contributed by atoms with E-state index in [2.05, 4.69) is 10.2 Å². The number of nitrogens with one attached hydrogen (secondary N) is 1. The Hall–Kier alpha value is -2.35. The highest BCUT2D eigenvalue weighted by atomic mass is 32.2. The van der Waals surface area contributed by atoms with Crippen molar-refractivity contribution < 1.29 is 44.3 Å². The van der Waals surface area contributed by atoms with Crippen molar-refractivity contribution >= 4 is 21.7 Å². The molecule has 1 saturated heterocycles. The molecule has 1 aromatic rings. The number of halogens is 6. The number of likely N-dealkylation sites (tertiary alicyclic amines) is 1. The Bertz CT molecular complexity index is 1150. The molecule has 1 N–H and O–H groups in total.